The summed E-state index contributed by atoms with van der Waals surface area (Å²) < 4.78 is 0. The van der Waals surface area contributed by atoms with Crippen molar-refractivity contribution in [3.8, 4) is 0 Å². The number of halogens is 1. The second-order valence-electron chi connectivity index (χ2n) is 6.97. The van der Waals surface area contributed by atoms with Gasteiger partial charge in [0.25, 0.3) is 0 Å². The van der Waals surface area contributed by atoms with Crippen LogP contribution in [0.3, 0.4) is 0 Å². The molecule has 0 aliphatic carbocycles. The van der Waals surface area contributed by atoms with Crippen molar-refractivity contribution in [2.45, 2.75) is 26.3 Å². The Morgan fingerprint density at radius 2 is 1.79 bits per heavy atom. The molecule has 0 unspecified atom stereocenters. The van der Waals surface area contributed by atoms with E-state index in [1.165, 1.54) is 0 Å². The van der Waals surface area contributed by atoms with Crippen LogP contribution >= 0.6 is 11.6 Å². The molecule has 7 heteroatoms. The van der Waals surface area contributed by atoms with Gasteiger partial charge in [-0.15, -0.1) is 5.10 Å². The van der Waals surface area contributed by atoms with Crippen molar-refractivity contribution in [1.29, 1.82) is 0 Å². The van der Waals surface area contributed by atoms with E-state index in [0.717, 1.165) is 42.7 Å². The van der Waals surface area contributed by atoms with E-state index >= 15 is 0 Å². The van der Waals surface area contributed by atoms with Gasteiger partial charge in [-0.2, -0.15) is 10.1 Å². The molecule has 6 nitrogen and oxygen atoms in total. The van der Waals surface area contributed by atoms with Gasteiger partial charge in [0, 0.05) is 42.4 Å². The summed E-state index contributed by atoms with van der Waals surface area (Å²) in [5.74, 6) is 1.43. The van der Waals surface area contributed by atoms with Crippen LogP contribution in [0.4, 0.5) is 17.5 Å². The Labute approximate surface area is 147 Å². The average Bonchev–Trinajstić information content (AvgIpc) is 2.54. The van der Waals surface area contributed by atoms with Crippen LogP contribution in [0.5, 0.6) is 0 Å². The Balaban J connectivity index is 1.65. The first-order valence-electron chi connectivity index (χ1n) is 8.14. The Morgan fingerprint density at radius 1 is 1.08 bits per heavy atom. The number of rotatable bonds is 3. The molecule has 1 aliphatic heterocycles. The number of hydrogen-bond acceptors (Lipinski definition) is 6. The quantitative estimate of drug-likeness (QED) is 0.921. The van der Waals surface area contributed by atoms with E-state index in [2.05, 4.69) is 57.1 Å². The van der Waals surface area contributed by atoms with Crippen molar-refractivity contribution in [1.82, 2.24) is 15.2 Å². The number of hydrogen-bond donors (Lipinski definition) is 1. The van der Waals surface area contributed by atoms with Crippen LogP contribution in [0.2, 0.25) is 5.02 Å². The minimum absolute atomic E-state index is 0.0917. The molecule has 1 aromatic heterocycles. The van der Waals surface area contributed by atoms with E-state index in [-0.39, 0.29) is 5.54 Å². The SMILES string of the molecule is CC(C)(C)Nc1nncc(N2CCN(c3cccc(Cl)c3)CC2)n1. The van der Waals surface area contributed by atoms with Crippen LogP contribution in [0.25, 0.3) is 0 Å². The first-order chi connectivity index (χ1) is 11.4. The number of nitrogens with zero attached hydrogens (tertiary/aromatic N) is 5. The largest absolute Gasteiger partial charge is 0.368 e. The van der Waals surface area contributed by atoms with Crippen molar-refractivity contribution >= 4 is 29.1 Å². The van der Waals surface area contributed by atoms with Crippen molar-refractivity contribution in [3.05, 3.63) is 35.5 Å². The van der Waals surface area contributed by atoms with Crippen LogP contribution in [-0.4, -0.2) is 46.9 Å². The van der Waals surface area contributed by atoms with Crippen LogP contribution in [0.15, 0.2) is 30.5 Å². The number of piperazine rings is 1. The third-order valence-corrected chi connectivity index (χ3v) is 4.05. The molecule has 1 aromatic carbocycles. The van der Waals surface area contributed by atoms with Crippen molar-refractivity contribution in [2.24, 2.45) is 0 Å². The molecule has 2 aromatic rings. The first-order valence-corrected chi connectivity index (χ1v) is 8.52. The van der Waals surface area contributed by atoms with Gasteiger partial charge in [0.15, 0.2) is 5.82 Å². The summed E-state index contributed by atoms with van der Waals surface area (Å²) in [4.78, 5) is 9.17. The average molecular weight is 347 g/mol. The summed E-state index contributed by atoms with van der Waals surface area (Å²) in [5, 5.41) is 12.2. The van der Waals surface area contributed by atoms with E-state index < -0.39 is 0 Å². The van der Waals surface area contributed by atoms with Gasteiger partial charge in [0.05, 0.1) is 6.20 Å². The lowest BCUT2D eigenvalue weighted by Gasteiger charge is -2.36. The Bertz CT molecular complexity index is 691. The predicted octanol–water partition coefficient (Wildman–Crippen LogP) is 3.06. The smallest absolute Gasteiger partial charge is 0.245 e. The van der Waals surface area contributed by atoms with E-state index in [1.807, 2.05) is 18.2 Å². The molecule has 1 fully saturated rings. The second-order valence-corrected chi connectivity index (χ2v) is 7.40. The molecule has 0 spiro atoms. The predicted molar refractivity (Wildman–Crippen MR) is 99.1 cm³/mol. The molecule has 1 saturated heterocycles. The van der Waals surface area contributed by atoms with E-state index in [4.69, 9.17) is 11.6 Å². The van der Waals surface area contributed by atoms with Crippen LogP contribution in [0, 0.1) is 0 Å². The lowest BCUT2D eigenvalue weighted by Crippen LogP contribution is -2.47. The summed E-state index contributed by atoms with van der Waals surface area (Å²) >= 11 is 6.09. The zero-order chi connectivity index (χ0) is 17.2. The molecule has 0 saturated carbocycles. The minimum atomic E-state index is -0.0917. The zero-order valence-electron chi connectivity index (χ0n) is 14.3. The van der Waals surface area contributed by atoms with Crippen molar-refractivity contribution in [3.63, 3.8) is 0 Å². The number of anilines is 3. The van der Waals surface area contributed by atoms with Crippen molar-refractivity contribution in [2.75, 3.05) is 41.3 Å². The zero-order valence-corrected chi connectivity index (χ0v) is 15.1. The maximum atomic E-state index is 6.09. The fraction of sp³-hybridized carbons (Fsp3) is 0.471. The number of benzene rings is 1. The first kappa shape index (κ1) is 16.8. The van der Waals surface area contributed by atoms with Crippen LogP contribution < -0.4 is 15.1 Å². The molecule has 24 heavy (non-hydrogen) atoms. The number of aromatic nitrogens is 3. The molecular formula is C17H23ClN6. The monoisotopic (exact) mass is 346 g/mol. The molecule has 128 valence electrons. The lowest BCUT2D eigenvalue weighted by atomic mass is 10.1. The Kier molecular flexibility index (Phi) is 4.76. The summed E-state index contributed by atoms with van der Waals surface area (Å²) in [6, 6.07) is 7.99. The molecule has 0 bridgehead atoms. The van der Waals surface area contributed by atoms with Gasteiger partial charge in [-0.3, -0.25) is 0 Å². The standard InChI is InChI=1S/C17H23ClN6/c1-17(2,3)21-16-20-15(12-19-22-16)24-9-7-23(8-10-24)14-6-4-5-13(18)11-14/h4-6,11-12H,7-10H2,1-3H3,(H,20,21,22). The Hall–Kier alpha value is -2.08. The number of nitrogens with one attached hydrogen (secondary N) is 1. The summed E-state index contributed by atoms with van der Waals surface area (Å²) in [6.45, 7) is 9.85. The fourth-order valence-electron chi connectivity index (χ4n) is 2.70. The van der Waals surface area contributed by atoms with Gasteiger partial charge in [-0.05, 0) is 39.0 Å². The molecule has 2 heterocycles. The summed E-state index contributed by atoms with van der Waals surface area (Å²) in [7, 11) is 0. The highest BCUT2D eigenvalue weighted by Crippen LogP contribution is 2.22. The molecule has 1 N–H and O–H groups in total. The topological polar surface area (TPSA) is 57.2 Å². The van der Waals surface area contributed by atoms with Gasteiger partial charge in [-0.25, -0.2) is 0 Å². The molecule has 1 aliphatic rings. The third kappa shape index (κ3) is 4.26. The van der Waals surface area contributed by atoms with Gasteiger partial charge < -0.3 is 15.1 Å². The Morgan fingerprint density at radius 3 is 2.46 bits per heavy atom. The highest BCUT2D eigenvalue weighted by molar-refractivity contribution is 6.30. The van der Waals surface area contributed by atoms with Crippen LogP contribution in [0.1, 0.15) is 20.8 Å². The summed E-state index contributed by atoms with van der Waals surface area (Å²) in [5.41, 5.74) is 1.07. The van der Waals surface area contributed by atoms with Gasteiger partial charge >= 0.3 is 0 Å². The molecule has 0 radical (unpaired) electrons. The van der Waals surface area contributed by atoms with Gasteiger partial charge in [-0.1, -0.05) is 17.7 Å². The van der Waals surface area contributed by atoms with E-state index in [1.54, 1.807) is 6.20 Å². The van der Waals surface area contributed by atoms with E-state index in [9.17, 15) is 0 Å². The molecule has 3 rings (SSSR count). The minimum Gasteiger partial charge on any atom is -0.368 e. The van der Waals surface area contributed by atoms with Gasteiger partial charge in [0.1, 0.15) is 0 Å². The lowest BCUT2D eigenvalue weighted by molar-refractivity contribution is 0.617. The molecule has 0 atom stereocenters. The molecular weight excluding hydrogens is 324 g/mol. The van der Waals surface area contributed by atoms with Crippen LogP contribution in [-0.2, 0) is 0 Å². The maximum absolute atomic E-state index is 6.09. The van der Waals surface area contributed by atoms with E-state index in [0.29, 0.717) is 5.95 Å². The van der Waals surface area contributed by atoms with Gasteiger partial charge in [0.2, 0.25) is 5.95 Å². The normalized spacial score (nSPS) is 15.5. The fourth-order valence-corrected chi connectivity index (χ4v) is 2.89. The highest BCUT2D eigenvalue weighted by Gasteiger charge is 2.20. The summed E-state index contributed by atoms with van der Waals surface area (Å²) in [6.07, 6.45) is 1.73. The maximum Gasteiger partial charge on any atom is 0.245 e. The van der Waals surface area contributed by atoms with Crippen molar-refractivity contribution < 1.29 is 0 Å². The second kappa shape index (κ2) is 6.81. The highest BCUT2D eigenvalue weighted by atomic mass is 35.5. The molecule has 0 amide bonds. The third-order valence-electron chi connectivity index (χ3n) is 3.81.